The Bertz CT molecular complexity index is 1110. The molecule has 0 atom stereocenters. The van der Waals surface area contributed by atoms with Gasteiger partial charge in [-0.05, 0) is 53.0 Å². The summed E-state index contributed by atoms with van der Waals surface area (Å²) in [5.74, 6) is 0.747. The summed E-state index contributed by atoms with van der Waals surface area (Å²) in [6, 6.07) is 9.91. The van der Waals surface area contributed by atoms with E-state index in [1.165, 1.54) is 0 Å². The summed E-state index contributed by atoms with van der Waals surface area (Å²) >= 11 is 3.50. The summed E-state index contributed by atoms with van der Waals surface area (Å²) in [6.07, 6.45) is 3.23. The van der Waals surface area contributed by atoms with Gasteiger partial charge in [0.15, 0.2) is 0 Å². The minimum atomic E-state index is -0.118. The average molecular weight is 426 g/mol. The van der Waals surface area contributed by atoms with Gasteiger partial charge in [0.05, 0.1) is 16.7 Å². The van der Waals surface area contributed by atoms with Crippen molar-refractivity contribution in [1.82, 2.24) is 24.7 Å². The second-order valence-electron chi connectivity index (χ2n) is 6.50. The van der Waals surface area contributed by atoms with Gasteiger partial charge in [-0.2, -0.15) is 0 Å². The molecule has 1 amide bonds. The average Bonchev–Trinajstić information content (AvgIpc) is 3.22. The number of amides is 1. The second kappa shape index (κ2) is 7.15. The number of rotatable bonds is 5. The van der Waals surface area contributed by atoms with Gasteiger partial charge in [0.2, 0.25) is 0 Å². The smallest absolute Gasteiger partial charge is 0.270 e. The van der Waals surface area contributed by atoms with E-state index in [1.54, 1.807) is 0 Å². The Kier molecular flexibility index (Phi) is 4.70. The molecule has 1 aromatic carbocycles. The predicted molar refractivity (Wildman–Crippen MR) is 109 cm³/mol. The molecule has 0 fully saturated rings. The molecule has 4 aromatic rings. The number of aromatic nitrogens is 4. The first-order chi connectivity index (χ1) is 13.1. The van der Waals surface area contributed by atoms with E-state index in [4.69, 9.17) is 0 Å². The molecular weight excluding hydrogens is 406 g/mol. The van der Waals surface area contributed by atoms with Crippen LogP contribution in [0.4, 0.5) is 0 Å². The number of aromatic amines is 1. The molecule has 0 saturated carbocycles. The van der Waals surface area contributed by atoms with Gasteiger partial charge in [-0.1, -0.05) is 19.1 Å². The van der Waals surface area contributed by atoms with E-state index in [-0.39, 0.29) is 5.91 Å². The van der Waals surface area contributed by atoms with Crippen LogP contribution in [0.15, 0.2) is 41.0 Å². The van der Waals surface area contributed by atoms with Crippen molar-refractivity contribution in [2.75, 3.05) is 6.54 Å². The largest absolute Gasteiger partial charge is 0.350 e. The number of H-pyrrole nitrogens is 1. The molecule has 3 heterocycles. The molecule has 0 saturated heterocycles. The van der Waals surface area contributed by atoms with E-state index in [1.807, 2.05) is 54.8 Å². The number of nitrogens with zero attached hydrogens (tertiary/aromatic N) is 3. The van der Waals surface area contributed by atoms with Crippen LogP contribution in [0.25, 0.3) is 16.7 Å². The summed E-state index contributed by atoms with van der Waals surface area (Å²) in [6.45, 7) is 4.51. The highest BCUT2D eigenvalue weighted by Gasteiger charge is 2.19. The van der Waals surface area contributed by atoms with Crippen LogP contribution in [0.5, 0.6) is 0 Å². The van der Waals surface area contributed by atoms with Gasteiger partial charge in [0.1, 0.15) is 17.2 Å². The number of aryl methyl sites for hydroxylation is 2. The van der Waals surface area contributed by atoms with Gasteiger partial charge in [0.25, 0.3) is 5.91 Å². The maximum Gasteiger partial charge on any atom is 0.270 e. The van der Waals surface area contributed by atoms with Crippen molar-refractivity contribution in [1.29, 1.82) is 0 Å². The number of nitrogens with one attached hydrogen (secondary N) is 2. The zero-order valence-electron chi connectivity index (χ0n) is 15.2. The second-order valence-corrected chi connectivity index (χ2v) is 7.42. The molecule has 4 rings (SSSR count). The van der Waals surface area contributed by atoms with E-state index in [9.17, 15) is 4.79 Å². The van der Waals surface area contributed by atoms with Crippen LogP contribution in [0.1, 0.15) is 34.5 Å². The van der Waals surface area contributed by atoms with E-state index in [0.29, 0.717) is 25.1 Å². The standard InChI is InChI=1S/C20H20BrN5O/c1-3-14-18(26-11-13(21)10-12(2)19(26)25-14)20(27)22-9-8-17-23-15-6-4-5-7-16(15)24-17/h4-7,10-11H,3,8-9H2,1-2H3,(H,22,27)(H,23,24). The number of carbonyl (C=O) groups excluding carboxylic acids is 1. The van der Waals surface area contributed by atoms with Gasteiger partial charge in [0, 0.05) is 23.6 Å². The Labute approximate surface area is 165 Å². The van der Waals surface area contributed by atoms with Gasteiger partial charge in [-0.15, -0.1) is 0 Å². The Morgan fingerprint density at radius 3 is 2.89 bits per heavy atom. The van der Waals surface area contributed by atoms with Crippen LogP contribution in [-0.2, 0) is 12.8 Å². The Morgan fingerprint density at radius 1 is 1.30 bits per heavy atom. The predicted octanol–water partition coefficient (Wildman–Crippen LogP) is 3.82. The fraction of sp³-hybridized carbons (Fsp3) is 0.250. The lowest BCUT2D eigenvalue weighted by molar-refractivity contribution is 0.0947. The van der Waals surface area contributed by atoms with E-state index in [0.717, 1.165) is 38.2 Å². The van der Waals surface area contributed by atoms with Crippen molar-refractivity contribution in [3.8, 4) is 0 Å². The van der Waals surface area contributed by atoms with Crippen LogP contribution in [-0.4, -0.2) is 31.8 Å². The summed E-state index contributed by atoms with van der Waals surface area (Å²) < 4.78 is 2.79. The monoisotopic (exact) mass is 425 g/mol. The van der Waals surface area contributed by atoms with Crippen molar-refractivity contribution < 1.29 is 4.79 Å². The highest BCUT2D eigenvalue weighted by atomic mass is 79.9. The molecule has 0 bridgehead atoms. The number of halogens is 1. The van der Waals surface area contributed by atoms with Gasteiger partial charge < -0.3 is 10.3 Å². The van der Waals surface area contributed by atoms with Gasteiger partial charge in [-0.25, -0.2) is 9.97 Å². The molecule has 0 spiro atoms. The molecule has 0 aliphatic carbocycles. The normalized spacial score (nSPS) is 11.4. The summed E-state index contributed by atoms with van der Waals surface area (Å²) in [7, 11) is 0. The maximum atomic E-state index is 12.9. The molecule has 0 unspecified atom stereocenters. The lowest BCUT2D eigenvalue weighted by Gasteiger charge is -2.07. The molecule has 0 aliphatic heterocycles. The van der Waals surface area contributed by atoms with Crippen molar-refractivity contribution in [2.45, 2.75) is 26.7 Å². The quantitative estimate of drug-likeness (QED) is 0.510. The molecular formula is C20H20BrN5O. The maximum absolute atomic E-state index is 12.9. The molecule has 0 aliphatic rings. The SMILES string of the molecule is CCc1nc2c(C)cc(Br)cn2c1C(=O)NCCc1nc2ccccc2[nH]1. The summed E-state index contributed by atoms with van der Waals surface area (Å²) in [4.78, 5) is 25.4. The third-order valence-corrected chi connectivity index (χ3v) is 5.01. The molecule has 138 valence electrons. The van der Waals surface area contributed by atoms with Crippen LogP contribution in [0, 0.1) is 6.92 Å². The Hall–Kier alpha value is -2.67. The lowest BCUT2D eigenvalue weighted by atomic mass is 10.2. The van der Waals surface area contributed by atoms with Crippen LogP contribution in [0.2, 0.25) is 0 Å². The summed E-state index contributed by atoms with van der Waals surface area (Å²) in [5, 5.41) is 3.01. The van der Waals surface area contributed by atoms with Crippen molar-refractivity contribution in [3.05, 3.63) is 63.8 Å². The van der Waals surface area contributed by atoms with Crippen molar-refractivity contribution >= 4 is 38.5 Å². The zero-order valence-corrected chi connectivity index (χ0v) is 16.8. The number of benzene rings is 1. The highest BCUT2D eigenvalue weighted by molar-refractivity contribution is 9.10. The number of imidazole rings is 2. The van der Waals surface area contributed by atoms with Gasteiger partial charge >= 0.3 is 0 Å². The summed E-state index contributed by atoms with van der Waals surface area (Å²) in [5.41, 5.74) is 5.19. The van der Waals surface area contributed by atoms with Crippen molar-refractivity contribution in [3.63, 3.8) is 0 Å². The number of hydrogen-bond acceptors (Lipinski definition) is 3. The first-order valence-corrected chi connectivity index (χ1v) is 9.75. The zero-order chi connectivity index (χ0) is 19.0. The van der Waals surface area contributed by atoms with Crippen molar-refractivity contribution in [2.24, 2.45) is 0 Å². The van der Waals surface area contributed by atoms with Crippen LogP contribution >= 0.6 is 15.9 Å². The van der Waals surface area contributed by atoms with Crippen LogP contribution < -0.4 is 5.32 Å². The number of fused-ring (bicyclic) bond motifs is 2. The number of pyridine rings is 1. The first-order valence-electron chi connectivity index (χ1n) is 8.95. The molecule has 27 heavy (non-hydrogen) atoms. The lowest BCUT2D eigenvalue weighted by Crippen LogP contribution is -2.28. The molecule has 3 aromatic heterocycles. The Balaban J connectivity index is 1.54. The number of para-hydroxylation sites is 2. The van der Waals surface area contributed by atoms with E-state index >= 15 is 0 Å². The highest BCUT2D eigenvalue weighted by Crippen LogP contribution is 2.21. The molecule has 0 radical (unpaired) electrons. The molecule has 2 N–H and O–H groups in total. The number of hydrogen-bond donors (Lipinski definition) is 2. The Morgan fingerprint density at radius 2 is 2.11 bits per heavy atom. The third-order valence-electron chi connectivity index (χ3n) is 4.58. The topological polar surface area (TPSA) is 75.1 Å². The number of carbonyl (C=O) groups is 1. The molecule has 7 heteroatoms. The van der Waals surface area contributed by atoms with Crippen LogP contribution in [0.3, 0.4) is 0 Å². The fourth-order valence-electron chi connectivity index (χ4n) is 3.30. The fourth-order valence-corrected chi connectivity index (χ4v) is 3.85. The van der Waals surface area contributed by atoms with Gasteiger partial charge in [-0.3, -0.25) is 9.20 Å². The first kappa shape index (κ1) is 17.7. The minimum absolute atomic E-state index is 0.118. The van der Waals surface area contributed by atoms with E-state index in [2.05, 4.69) is 36.2 Å². The van der Waals surface area contributed by atoms with E-state index < -0.39 is 0 Å². The molecule has 6 nitrogen and oxygen atoms in total. The minimum Gasteiger partial charge on any atom is -0.350 e. The third kappa shape index (κ3) is 3.35.